The van der Waals surface area contributed by atoms with E-state index in [9.17, 15) is 0 Å². The van der Waals surface area contributed by atoms with Gasteiger partial charge in [0.25, 0.3) is 0 Å². The summed E-state index contributed by atoms with van der Waals surface area (Å²) >= 11 is 0. The van der Waals surface area contributed by atoms with Gasteiger partial charge in [0, 0.05) is 71.5 Å². The van der Waals surface area contributed by atoms with E-state index in [1.807, 2.05) is 60.9 Å². The minimum absolute atomic E-state index is 0. The molecule has 0 aliphatic rings. The molecule has 4 nitrogen and oxygen atoms in total. The molecule has 1 radical (unpaired) electrons. The van der Waals surface area contributed by atoms with Crippen molar-refractivity contribution >= 4 is 46.0 Å². The molecule has 0 amide bonds. The van der Waals surface area contributed by atoms with E-state index in [2.05, 4.69) is 179 Å². The van der Waals surface area contributed by atoms with Crippen LogP contribution in [0.1, 0.15) is 37.8 Å². The summed E-state index contributed by atoms with van der Waals surface area (Å²) in [6, 6.07) is 60.7. The molecule has 0 spiro atoms. The predicted octanol–water partition coefficient (Wildman–Crippen LogP) is 15.2. The first-order valence-corrected chi connectivity index (χ1v) is 25.1. The van der Waals surface area contributed by atoms with Gasteiger partial charge in [-0.1, -0.05) is 180 Å². The zero-order valence-electron chi connectivity index (χ0n) is 36.8. The van der Waals surface area contributed by atoms with Gasteiger partial charge in [-0.3, -0.25) is 15.0 Å². The van der Waals surface area contributed by atoms with Crippen LogP contribution in [0.25, 0.3) is 77.6 Å². The number of para-hydroxylation sites is 1. The molecule has 63 heavy (non-hydrogen) atoms. The van der Waals surface area contributed by atoms with E-state index in [-0.39, 0.29) is 20.1 Å². The zero-order valence-corrected chi connectivity index (χ0v) is 40.2. The van der Waals surface area contributed by atoms with E-state index in [1.54, 1.807) is 0 Å². The van der Waals surface area contributed by atoms with E-state index >= 15 is 0 Å². The van der Waals surface area contributed by atoms with Crippen LogP contribution in [0.2, 0.25) is 19.6 Å². The number of fused-ring (bicyclic) bond motifs is 4. The van der Waals surface area contributed by atoms with Gasteiger partial charge in [0.15, 0.2) is 0 Å². The van der Waals surface area contributed by atoms with Gasteiger partial charge in [-0.05, 0) is 81.6 Å². The number of benzene rings is 6. The molecule has 0 aliphatic carbocycles. The topological polar surface area (TPSA) is 51.8 Å². The van der Waals surface area contributed by atoms with Crippen LogP contribution in [0, 0.1) is 0 Å². The SMILES string of the molecule is CC(C)c1cc(-c2ccccc2)ncc1[Si](C)(C)C.CCc1ccnc(-c2ccccc2)c1.[Ir].c1ccc(-c2ccc(-c3cc4ccccc4cn3)c3oc4ccccc4c23)cc1. The Kier molecular flexibility index (Phi) is 14.4. The Morgan fingerprint density at radius 3 is 1.71 bits per heavy atom. The van der Waals surface area contributed by atoms with Crippen molar-refractivity contribution in [3.8, 4) is 44.9 Å². The van der Waals surface area contributed by atoms with Crippen LogP contribution in [0.5, 0.6) is 0 Å². The average Bonchev–Trinajstić information content (AvgIpc) is 3.72. The monoisotopic (exact) mass is 1020 g/mol. The summed E-state index contributed by atoms with van der Waals surface area (Å²) in [4.78, 5) is 13.8. The van der Waals surface area contributed by atoms with E-state index in [4.69, 9.17) is 14.4 Å². The Labute approximate surface area is 386 Å². The van der Waals surface area contributed by atoms with Gasteiger partial charge >= 0.3 is 0 Å². The number of pyridine rings is 3. The maximum absolute atomic E-state index is 6.37. The number of furan rings is 1. The Morgan fingerprint density at radius 2 is 1.08 bits per heavy atom. The van der Waals surface area contributed by atoms with Crippen molar-refractivity contribution in [2.45, 2.75) is 52.8 Å². The fourth-order valence-electron chi connectivity index (χ4n) is 7.92. The third-order valence-corrected chi connectivity index (χ3v) is 13.3. The molecule has 0 atom stereocenters. The minimum atomic E-state index is -1.33. The molecule has 4 aromatic heterocycles. The molecule has 10 aromatic rings. The maximum atomic E-state index is 6.37. The third kappa shape index (κ3) is 10.3. The Balaban J connectivity index is 0.000000152. The van der Waals surface area contributed by atoms with E-state index < -0.39 is 8.07 Å². The Morgan fingerprint density at radius 1 is 0.524 bits per heavy atom. The maximum Gasteiger partial charge on any atom is 0.145 e. The fraction of sp³-hybridized carbons (Fsp3) is 0.140. The van der Waals surface area contributed by atoms with Crippen LogP contribution >= 0.6 is 0 Å². The molecule has 0 bridgehead atoms. The van der Waals surface area contributed by atoms with Gasteiger partial charge in [-0.2, -0.15) is 0 Å². The van der Waals surface area contributed by atoms with Crippen LogP contribution in [0.4, 0.5) is 0 Å². The number of aromatic nitrogens is 3. The van der Waals surface area contributed by atoms with Crippen LogP contribution in [0.15, 0.2) is 199 Å². The third-order valence-electron chi connectivity index (χ3n) is 11.3. The molecule has 0 N–H and O–H groups in total. The van der Waals surface area contributed by atoms with E-state index in [1.165, 1.54) is 44.0 Å². The van der Waals surface area contributed by atoms with Crippen molar-refractivity contribution in [3.63, 3.8) is 0 Å². The van der Waals surface area contributed by atoms with Crippen LogP contribution in [-0.4, -0.2) is 23.0 Å². The van der Waals surface area contributed by atoms with Gasteiger partial charge in [-0.25, -0.2) is 0 Å². The van der Waals surface area contributed by atoms with Gasteiger partial charge in [-0.15, -0.1) is 0 Å². The number of aryl methyl sites for hydroxylation is 1. The first-order valence-electron chi connectivity index (χ1n) is 21.6. The van der Waals surface area contributed by atoms with Gasteiger partial charge in [0.1, 0.15) is 11.2 Å². The molecular weight excluding hydrogens is 963 g/mol. The van der Waals surface area contributed by atoms with E-state index in [0.717, 1.165) is 56.4 Å². The van der Waals surface area contributed by atoms with Crippen LogP contribution < -0.4 is 5.19 Å². The summed E-state index contributed by atoms with van der Waals surface area (Å²) in [5.41, 5.74) is 13.4. The second-order valence-electron chi connectivity index (χ2n) is 16.9. The zero-order chi connectivity index (χ0) is 43.1. The standard InChI is InChI=1S/C27H17NO.C17H23NSi.C13H13N.Ir/c1-2-8-18(9-3-1)21-14-15-22(24-16-19-10-4-5-11-20(19)17-28-24)27-26(21)23-12-6-7-13-25(23)29-27;1-13(2)15-11-16(14-9-7-6-8-10-14)18-12-17(15)19(3,4)5;1-2-11-8-9-14-13(10-11)12-6-4-3-5-7-12;/h1-17H;6-13H,1-5H3;3-10H,2H2,1H3;. The summed E-state index contributed by atoms with van der Waals surface area (Å²) < 4.78 is 6.37. The average molecular weight is 1020 g/mol. The molecule has 10 rings (SSSR count). The summed E-state index contributed by atoms with van der Waals surface area (Å²) in [6.45, 7) is 13.9. The van der Waals surface area contributed by atoms with Crippen molar-refractivity contribution in [2.24, 2.45) is 0 Å². The summed E-state index contributed by atoms with van der Waals surface area (Å²) in [7, 11) is -1.33. The largest absolute Gasteiger partial charge is 0.455 e. The molecule has 0 unspecified atom stereocenters. The number of hydrogen-bond acceptors (Lipinski definition) is 4. The fourth-order valence-corrected chi connectivity index (χ4v) is 9.60. The van der Waals surface area contributed by atoms with Crippen molar-refractivity contribution in [2.75, 3.05) is 0 Å². The van der Waals surface area contributed by atoms with Crippen molar-refractivity contribution in [1.82, 2.24) is 15.0 Å². The summed E-state index contributed by atoms with van der Waals surface area (Å²) in [6.07, 6.45) is 6.98. The summed E-state index contributed by atoms with van der Waals surface area (Å²) in [5, 5.41) is 6.07. The van der Waals surface area contributed by atoms with Crippen molar-refractivity contribution < 1.29 is 24.5 Å². The molecule has 0 fully saturated rings. The smallest absolute Gasteiger partial charge is 0.145 e. The second kappa shape index (κ2) is 20.3. The molecule has 315 valence electrons. The first kappa shape index (κ1) is 44.7. The number of hydrogen-bond donors (Lipinski definition) is 0. The van der Waals surface area contributed by atoms with E-state index in [0.29, 0.717) is 5.92 Å². The molecular formula is C57H53IrN3OSi. The van der Waals surface area contributed by atoms with Crippen molar-refractivity contribution in [1.29, 1.82) is 0 Å². The predicted molar refractivity (Wildman–Crippen MR) is 266 cm³/mol. The van der Waals surface area contributed by atoms with Crippen LogP contribution in [0.3, 0.4) is 0 Å². The molecule has 6 aromatic carbocycles. The molecule has 0 aliphatic heterocycles. The first-order chi connectivity index (χ1) is 30.2. The number of rotatable bonds is 7. The second-order valence-corrected chi connectivity index (χ2v) is 22.0. The van der Waals surface area contributed by atoms with Gasteiger partial charge in [0.2, 0.25) is 0 Å². The van der Waals surface area contributed by atoms with Gasteiger partial charge in [0.05, 0.1) is 25.2 Å². The Bertz CT molecular complexity index is 3070. The molecule has 0 saturated heterocycles. The molecule has 6 heteroatoms. The normalized spacial score (nSPS) is 11.1. The van der Waals surface area contributed by atoms with Crippen molar-refractivity contribution in [3.05, 3.63) is 206 Å². The van der Waals surface area contributed by atoms with Gasteiger partial charge < -0.3 is 4.42 Å². The quantitative estimate of drug-likeness (QED) is 0.149. The Hall–Kier alpha value is -6.30. The summed E-state index contributed by atoms with van der Waals surface area (Å²) in [5.74, 6) is 0.548. The minimum Gasteiger partial charge on any atom is -0.455 e. The molecule has 4 heterocycles. The number of nitrogens with zero attached hydrogens (tertiary/aromatic N) is 3. The molecule has 0 saturated carbocycles. The van der Waals surface area contributed by atoms with Crippen LogP contribution in [-0.2, 0) is 26.5 Å².